The van der Waals surface area contributed by atoms with E-state index in [-0.39, 0.29) is 23.8 Å². The number of hydrogen-bond acceptors (Lipinski definition) is 2. The maximum atomic E-state index is 13.1. The minimum atomic E-state index is -0.591. The van der Waals surface area contributed by atoms with E-state index < -0.39 is 5.82 Å². The van der Waals surface area contributed by atoms with Crippen LogP contribution in [0.2, 0.25) is 0 Å². The maximum Gasteiger partial charge on any atom is 0.144 e. The summed E-state index contributed by atoms with van der Waals surface area (Å²) < 4.78 is 18.3. The zero-order valence-electron chi connectivity index (χ0n) is 7.96. The summed E-state index contributed by atoms with van der Waals surface area (Å²) in [6.07, 6.45) is 0. The molecule has 0 saturated carbocycles. The van der Waals surface area contributed by atoms with Gasteiger partial charge in [0.2, 0.25) is 0 Å². The highest BCUT2D eigenvalue weighted by atomic mass is 35.5. The number of ether oxygens (including phenoxy) is 1. The van der Waals surface area contributed by atoms with Crippen LogP contribution in [0.1, 0.15) is 5.56 Å². The van der Waals surface area contributed by atoms with E-state index in [4.69, 9.17) is 21.6 Å². The lowest BCUT2D eigenvalue weighted by atomic mass is 10.2. The first-order chi connectivity index (χ1) is 7.19. The largest absolute Gasteiger partial charge is 0.488 e. The lowest BCUT2D eigenvalue weighted by molar-refractivity contribution is 0.349. The predicted molar refractivity (Wildman–Crippen MR) is 56.5 cm³/mol. The number of nitrogens with zero attached hydrogens (tertiary/aromatic N) is 1. The summed E-state index contributed by atoms with van der Waals surface area (Å²) in [5.74, 6) is -0.104. The lowest BCUT2D eigenvalue weighted by Crippen LogP contribution is -2.03. The van der Waals surface area contributed by atoms with Gasteiger partial charge in [-0.1, -0.05) is 12.6 Å². The highest BCUT2D eigenvalue weighted by Crippen LogP contribution is 2.20. The Morgan fingerprint density at radius 1 is 1.60 bits per heavy atom. The SMILES string of the molecule is C=C(CCl)COc1cccc(F)c1C#N. The maximum absolute atomic E-state index is 13.1. The van der Waals surface area contributed by atoms with Crippen molar-refractivity contribution in [3.8, 4) is 11.8 Å². The van der Waals surface area contributed by atoms with Crippen molar-refractivity contribution in [2.24, 2.45) is 0 Å². The van der Waals surface area contributed by atoms with Crippen molar-refractivity contribution in [1.29, 1.82) is 5.26 Å². The van der Waals surface area contributed by atoms with Crippen molar-refractivity contribution in [3.63, 3.8) is 0 Å². The molecule has 0 aliphatic heterocycles. The molecule has 0 fully saturated rings. The number of halogens is 2. The Hall–Kier alpha value is -1.53. The zero-order chi connectivity index (χ0) is 11.3. The topological polar surface area (TPSA) is 33.0 Å². The second-order valence-corrected chi connectivity index (χ2v) is 3.16. The molecular weight excluding hydrogens is 217 g/mol. The van der Waals surface area contributed by atoms with Crippen molar-refractivity contribution >= 4 is 11.6 Å². The molecule has 0 radical (unpaired) electrons. The van der Waals surface area contributed by atoms with Gasteiger partial charge in [0, 0.05) is 5.88 Å². The summed E-state index contributed by atoms with van der Waals surface area (Å²) in [6, 6.07) is 5.97. The Morgan fingerprint density at radius 3 is 2.93 bits per heavy atom. The Bertz CT molecular complexity index is 412. The quantitative estimate of drug-likeness (QED) is 0.583. The molecule has 0 aliphatic carbocycles. The fourth-order valence-electron chi connectivity index (χ4n) is 0.952. The van der Waals surface area contributed by atoms with E-state index in [2.05, 4.69) is 6.58 Å². The first kappa shape index (κ1) is 11.5. The van der Waals surface area contributed by atoms with Crippen LogP contribution < -0.4 is 4.74 Å². The monoisotopic (exact) mass is 225 g/mol. The fraction of sp³-hybridized carbons (Fsp3) is 0.182. The van der Waals surface area contributed by atoms with Gasteiger partial charge in [0.25, 0.3) is 0 Å². The van der Waals surface area contributed by atoms with Gasteiger partial charge in [-0.05, 0) is 17.7 Å². The van der Waals surface area contributed by atoms with E-state index in [1.54, 1.807) is 6.07 Å². The summed E-state index contributed by atoms with van der Waals surface area (Å²) in [5, 5.41) is 8.70. The van der Waals surface area contributed by atoms with Crippen LogP contribution in [0, 0.1) is 17.1 Å². The highest BCUT2D eigenvalue weighted by Gasteiger charge is 2.08. The number of hydrogen-bond donors (Lipinski definition) is 0. The molecule has 1 aromatic carbocycles. The third-order valence-corrected chi connectivity index (χ3v) is 2.09. The van der Waals surface area contributed by atoms with Crippen LogP contribution in [0.5, 0.6) is 5.75 Å². The Kier molecular flexibility index (Phi) is 4.14. The van der Waals surface area contributed by atoms with E-state index in [0.29, 0.717) is 5.57 Å². The van der Waals surface area contributed by atoms with Gasteiger partial charge in [0.05, 0.1) is 0 Å². The Balaban J connectivity index is 2.82. The smallest absolute Gasteiger partial charge is 0.144 e. The molecule has 0 atom stereocenters. The number of benzene rings is 1. The van der Waals surface area contributed by atoms with Crippen LogP contribution in [-0.4, -0.2) is 12.5 Å². The van der Waals surface area contributed by atoms with Crippen molar-refractivity contribution in [3.05, 3.63) is 41.7 Å². The molecule has 2 nitrogen and oxygen atoms in total. The lowest BCUT2D eigenvalue weighted by Gasteiger charge is -2.08. The summed E-state index contributed by atoms with van der Waals surface area (Å²) in [5.41, 5.74) is 0.574. The molecule has 78 valence electrons. The molecular formula is C11H9ClFNO. The summed E-state index contributed by atoms with van der Waals surface area (Å²) >= 11 is 5.50. The van der Waals surface area contributed by atoms with Gasteiger partial charge in [-0.2, -0.15) is 5.26 Å². The molecule has 15 heavy (non-hydrogen) atoms. The molecule has 0 saturated heterocycles. The van der Waals surface area contributed by atoms with Crippen LogP contribution in [0.25, 0.3) is 0 Å². The van der Waals surface area contributed by atoms with Gasteiger partial charge in [-0.3, -0.25) is 0 Å². The molecule has 0 heterocycles. The third kappa shape index (κ3) is 2.97. The fourth-order valence-corrected chi connectivity index (χ4v) is 1.03. The summed E-state index contributed by atoms with van der Waals surface area (Å²) in [4.78, 5) is 0. The molecule has 0 unspecified atom stereocenters. The molecule has 0 N–H and O–H groups in total. The van der Waals surface area contributed by atoms with Crippen LogP contribution >= 0.6 is 11.6 Å². The van der Waals surface area contributed by atoms with Gasteiger partial charge in [0.15, 0.2) is 0 Å². The van der Waals surface area contributed by atoms with Gasteiger partial charge >= 0.3 is 0 Å². The normalized spacial score (nSPS) is 9.40. The Labute approximate surface area is 92.5 Å². The van der Waals surface area contributed by atoms with Crippen molar-refractivity contribution in [1.82, 2.24) is 0 Å². The van der Waals surface area contributed by atoms with Gasteiger partial charge in [-0.25, -0.2) is 4.39 Å². The van der Waals surface area contributed by atoms with Crippen LogP contribution in [0.3, 0.4) is 0 Å². The van der Waals surface area contributed by atoms with E-state index >= 15 is 0 Å². The molecule has 0 aliphatic rings. The Morgan fingerprint density at radius 2 is 2.33 bits per heavy atom. The highest BCUT2D eigenvalue weighted by molar-refractivity contribution is 6.19. The summed E-state index contributed by atoms with van der Waals surface area (Å²) in [7, 11) is 0. The minimum Gasteiger partial charge on any atom is -0.488 e. The van der Waals surface area contributed by atoms with Crippen LogP contribution in [-0.2, 0) is 0 Å². The molecule has 0 amide bonds. The third-order valence-electron chi connectivity index (χ3n) is 1.71. The molecule has 1 rings (SSSR count). The van der Waals surface area contributed by atoms with E-state index in [0.717, 1.165) is 0 Å². The minimum absolute atomic E-state index is 0.0973. The van der Waals surface area contributed by atoms with Crippen molar-refractivity contribution in [2.45, 2.75) is 0 Å². The average Bonchev–Trinajstić information content (AvgIpc) is 2.25. The first-order valence-corrected chi connectivity index (χ1v) is 4.76. The molecule has 4 heteroatoms. The zero-order valence-corrected chi connectivity index (χ0v) is 8.72. The summed E-state index contributed by atoms with van der Waals surface area (Å²) in [6.45, 7) is 3.81. The number of nitriles is 1. The molecule has 0 spiro atoms. The molecule has 1 aromatic rings. The van der Waals surface area contributed by atoms with E-state index in [1.807, 2.05) is 0 Å². The van der Waals surface area contributed by atoms with Crippen LogP contribution in [0.4, 0.5) is 4.39 Å². The number of rotatable bonds is 4. The van der Waals surface area contributed by atoms with Gasteiger partial charge in [-0.15, -0.1) is 11.6 Å². The predicted octanol–water partition coefficient (Wildman–Crippen LogP) is 2.87. The second kappa shape index (κ2) is 5.38. The van der Waals surface area contributed by atoms with Crippen LogP contribution in [0.15, 0.2) is 30.4 Å². The molecule has 0 aromatic heterocycles. The van der Waals surface area contributed by atoms with Gasteiger partial charge < -0.3 is 4.74 Å². The van der Waals surface area contributed by atoms with Crippen molar-refractivity contribution < 1.29 is 9.13 Å². The first-order valence-electron chi connectivity index (χ1n) is 4.23. The average molecular weight is 226 g/mol. The second-order valence-electron chi connectivity index (χ2n) is 2.90. The van der Waals surface area contributed by atoms with Gasteiger partial charge in [0.1, 0.15) is 29.8 Å². The number of alkyl halides is 1. The van der Waals surface area contributed by atoms with E-state index in [9.17, 15) is 4.39 Å². The van der Waals surface area contributed by atoms with E-state index in [1.165, 1.54) is 18.2 Å². The van der Waals surface area contributed by atoms with Crippen molar-refractivity contribution in [2.75, 3.05) is 12.5 Å². The standard InChI is InChI=1S/C11H9ClFNO/c1-8(5-12)7-15-11-4-2-3-10(13)9(11)6-14/h2-4H,1,5,7H2. The molecule has 0 bridgehead atoms.